The van der Waals surface area contributed by atoms with Gasteiger partial charge in [-0.2, -0.15) is 18.2 Å². The van der Waals surface area contributed by atoms with E-state index in [2.05, 4.69) is 45.7 Å². The molecule has 1 fully saturated rings. The molecule has 4 aromatic rings. The summed E-state index contributed by atoms with van der Waals surface area (Å²) in [5, 5.41) is 7.26. The lowest BCUT2D eigenvalue weighted by molar-refractivity contribution is -0.137. The van der Waals surface area contributed by atoms with Crippen molar-refractivity contribution in [1.29, 1.82) is 0 Å². The van der Waals surface area contributed by atoms with Crippen molar-refractivity contribution in [2.75, 3.05) is 23.8 Å². The largest absolute Gasteiger partial charge is 0.439 e. The van der Waals surface area contributed by atoms with Crippen molar-refractivity contribution >= 4 is 22.9 Å². The number of rotatable bonds is 9. The SMILES string of the molecule is CC(C)CN(C)c1nc2nc(-c3noc(=O)[nH]3)nc(N[C@H](C)C3CCC3)c2n1Cc1ccc(C(F)(F)F)cc1. The minimum Gasteiger partial charge on any atom is -0.365 e. The van der Waals surface area contributed by atoms with E-state index in [1.807, 2.05) is 16.5 Å². The molecule has 0 amide bonds. The summed E-state index contributed by atoms with van der Waals surface area (Å²) in [4.78, 5) is 30.2. The Labute approximate surface area is 222 Å². The lowest BCUT2D eigenvalue weighted by Gasteiger charge is -2.32. The van der Waals surface area contributed by atoms with Crippen LogP contribution in [0.15, 0.2) is 33.6 Å². The number of alkyl halides is 3. The van der Waals surface area contributed by atoms with E-state index in [1.165, 1.54) is 18.6 Å². The fraction of sp³-hybridized carbons (Fsp3) is 0.500. The Morgan fingerprint density at radius 1 is 1.15 bits per heavy atom. The first-order valence-corrected chi connectivity index (χ1v) is 13.0. The molecule has 3 heterocycles. The monoisotopic (exact) mass is 544 g/mol. The lowest BCUT2D eigenvalue weighted by atomic mass is 9.80. The lowest BCUT2D eigenvalue weighted by Crippen LogP contribution is -2.31. The molecule has 1 aliphatic carbocycles. The van der Waals surface area contributed by atoms with Crippen LogP contribution < -0.4 is 16.0 Å². The molecule has 1 saturated carbocycles. The predicted molar refractivity (Wildman–Crippen MR) is 141 cm³/mol. The van der Waals surface area contributed by atoms with Crippen molar-refractivity contribution < 1.29 is 17.7 Å². The van der Waals surface area contributed by atoms with E-state index in [1.54, 1.807) is 0 Å². The summed E-state index contributed by atoms with van der Waals surface area (Å²) in [5.41, 5.74) is 0.945. The normalized spacial score (nSPS) is 15.1. The van der Waals surface area contributed by atoms with Crippen LogP contribution in [-0.2, 0) is 12.7 Å². The zero-order valence-corrected chi connectivity index (χ0v) is 22.2. The summed E-state index contributed by atoms with van der Waals surface area (Å²) in [7, 11) is 1.91. The molecule has 1 aliphatic rings. The number of halogens is 3. The van der Waals surface area contributed by atoms with Gasteiger partial charge in [0.05, 0.1) is 12.1 Å². The highest BCUT2D eigenvalue weighted by Gasteiger charge is 2.31. The van der Waals surface area contributed by atoms with Crippen molar-refractivity contribution in [2.45, 2.75) is 58.8 Å². The number of aromatic nitrogens is 6. The molecule has 208 valence electrons. The fourth-order valence-corrected chi connectivity index (χ4v) is 4.88. The van der Waals surface area contributed by atoms with E-state index in [0.29, 0.717) is 46.9 Å². The number of fused-ring (bicyclic) bond motifs is 1. The zero-order valence-electron chi connectivity index (χ0n) is 22.2. The van der Waals surface area contributed by atoms with E-state index < -0.39 is 17.5 Å². The van der Waals surface area contributed by atoms with Crippen LogP contribution in [0.5, 0.6) is 0 Å². The molecule has 3 aromatic heterocycles. The summed E-state index contributed by atoms with van der Waals surface area (Å²) in [5.74, 6) is 1.41. The molecule has 0 saturated heterocycles. The summed E-state index contributed by atoms with van der Waals surface area (Å²) in [6.07, 6.45) is -1.01. The van der Waals surface area contributed by atoms with Crippen LogP contribution >= 0.6 is 0 Å². The van der Waals surface area contributed by atoms with E-state index in [0.717, 1.165) is 25.0 Å². The molecule has 2 N–H and O–H groups in total. The Bertz CT molecular complexity index is 1500. The molecule has 1 aromatic carbocycles. The van der Waals surface area contributed by atoms with E-state index in [9.17, 15) is 18.0 Å². The third kappa shape index (κ3) is 5.62. The van der Waals surface area contributed by atoms with Crippen LogP contribution in [0.2, 0.25) is 0 Å². The van der Waals surface area contributed by atoms with Gasteiger partial charge in [0, 0.05) is 19.6 Å². The van der Waals surface area contributed by atoms with Crippen LogP contribution in [0.25, 0.3) is 22.8 Å². The van der Waals surface area contributed by atoms with Gasteiger partial charge >= 0.3 is 11.9 Å². The van der Waals surface area contributed by atoms with Gasteiger partial charge in [-0.15, -0.1) is 0 Å². The Morgan fingerprint density at radius 3 is 2.44 bits per heavy atom. The highest BCUT2D eigenvalue weighted by atomic mass is 19.4. The third-order valence-corrected chi connectivity index (χ3v) is 7.06. The molecule has 10 nitrogen and oxygen atoms in total. The van der Waals surface area contributed by atoms with Crippen molar-refractivity contribution in [3.05, 3.63) is 45.9 Å². The van der Waals surface area contributed by atoms with Crippen molar-refractivity contribution in [2.24, 2.45) is 11.8 Å². The van der Waals surface area contributed by atoms with Crippen LogP contribution in [0.1, 0.15) is 51.2 Å². The summed E-state index contributed by atoms with van der Waals surface area (Å²) < 4.78 is 46.1. The van der Waals surface area contributed by atoms with Gasteiger partial charge in [-0.1, -0.05) is 37.6 Å². The molecule has 0 radical (unpaired) electrons. The second kappa shape index (κ2) is 10.3. The highest BCUT2D eigenvalue weighted by molar-refractivity contribution is 5.87. The smallest absolute Gasteiger partial charge is 0.365 e. The first kappa shape index (κ1) is 26.7. The average molecular weight is 545 g/mol. The van der Waals surface area contributed by atoms with Crippen LogP contribution in [0.4, 0.5) is 24.9 Å². The van der Waals surface area contributed by atoms with Gasteiger partial charge in [-0.3, -0.25) is 9.51 Å². The maximum atomic E-state index is 13.2. The molecule has 39 heavy (non-hydrogen) atoms. The topological polar surface area (TPSA) is 118 Å². The number of aromatic amines is 1. The first-order chi connectivity index (χ1) is 18.5. The van der Waals surface area contributed by atoms with Gasteiger partial charge in [0.25, 0.3) is 0 Å². The minimum absolute atomic E-state index is 0.0793. The van der Waals surface area contributed by atoms with Crippen LogP contribution in [-0.4, -0.2) is 49.3 Å². The molecular formula is C26H31F3N8O2. The third-order valence-electron chi connectivity index (χ3n) is 7.06. The van der Waals surface area contributed by atoms with E-state index in [-0.39, 0.29) is 24.2 Å². The van der Waals surface area contributed by atoms with Gasteiger partial charge in [-0.05, 0) is 49.3 Å². The van der Waals surface area contributed by atoms with Gasteiger partial charge in [0.15, 0.2) is 11.5 Å². The van der Waals surface area contributed by atoms with Crippen LogP contribution in [0.3, 0.4) is 0 Å². The van der Waals surface area contributed by atoms with Crippen molar-refractivity contribution in [3.63, 3.8) is 0 Å². The predicted octanol–water partition coefficient (Wildman–Crippen LogP) is 4.93. The molecule has 5 rings (SSSR count). The fourth-order valence-electron chi connectivity index (χ4n) is 4.88. The Kier molecular flexibility index (Phi) is 7.08. The zero-order chi connectivity index (χ0) is 27.9. The first-order valence-electron chi connectivity index (χ1n) is 13.0. The molecule has 13 heteroatoms. The van der Waals surface area contributed by atoms with Crippen LogP contribution in [0, 0.1) is 11.8 Å². The molecule has 0 unspecified atom stereocenters. The standard InChI is InChI=1S/C26H31F3N8O2/c1-14(2)12-36(4)24-33-21-19(37(24)13-16-8-10-18(11-9-16)26(27,28)29)20(30-15(3)17-6-5-7-17)31-22(32-21)23-34-25(38)39-35-23/h8-11,14-15,17H,5-7,12-13H2,1-4H3,(H,30,31,32)(H,34,35,38)/t15-/m1/s1. The number of nitrogens with zero attached hydrogens (tertiary/aromatic N) is 6. The van der Waals surface area contributed by atoms with Gasteiger partial charge in [0.1, 0.15) is 5.52 Å². The molecule has 0 bridgehead atoms. The van der Waals surface area contributed by atoms with Gasteiger partial charge < -0.3 is 14.8 Å². The second-order valence-corrected chi connectivity index (χ2v) is 10.6. The number of hydrogen-bond donors (Lipinski definition) is 2. The maximum absolute atomic E-state index is 13.2. The Balaban J connectivity index is 1.65. The number of imidazole rings is 1. The van der Waals surface area contributed by atoms with Gasteiger partial charge in [0.2, 0.25) is 17.6 Å². The molecule has 0 aliphatic heterocycles. The summed E-state index contributed by atoms with van der Waals surface area (Å²) in [6, 6.07) is 5.21. The number of benzene rings is 1. The van der Waals surface area contributed by atoms with Crippen molar-refractivity contribution in [3.8, 4) is 11.6 Å². The Hall–Kier alpha value is -3.90. The number of nitrogens with one attached hydrogen (secondary N) is 2. The maximum Gasteiger partial charge on any atom is 0.439 e. The van der Waals surface area contributed by atoms with Gasteiger partial charge in [-0.25, -0.2) is 14.8 Å². The minimum atomic E-state index is -4.41. The Morgan fingerprint density at radius 2 is 1.87 bits per heavy atom. The summed E-state index contributed by atoms with van der Waals surface area (Å²) >= 11 is 0. The number of H-pyrrole nitrogens is 1. The average Bonchev–Trinajstić information content (AvgIpc) is 3.41. The quantitative estimate of drug-likeness (QED) is 0.305. The number of hydrogen-bond acceptors (Lipinski definition) is 8. The van der Waals surface area contributed by atoms with Crippen molar-refractivity contribution in [1.82, 2.24) is 29.7 Å². The molecule has 1 atom stereocenters. The second-order valence-electron chi connectivity index (χ2n) is 10.6. The number of anilines is 2. The molecular weight excluding hydrogens is 513 g/mol. The molecule has 0 spiro atoms. The van der Waals surface area contributed by atoms with E-state index in [4.69, 9.17) is 9.97 Å². The van der Waals surface area contributed by atoms with E-state index >= 15 is 0 Å². The summed E-state index contributed by atoms with van der Waals surface area (Å²) in [6.45, 7) is 7.21. The highest BCUT2D eigenvalue weighted by Crippen LogP contribution is 2.35.